The van der Waals surface area contributed by atoms with Gasteiger partial charge < -0.3 is 19.9 Å². The predicted octanol–water partition coefficient (Wildman–Crippen LogP) is 5.94. The molecule has 0 unspecified atom stereocenters. The molecule has 182 valence electrons. The maximum absolute atomic E-state index is 11.9. The first-order valence-corrected chi connectivity index (χ1v) is 12.0. The van der Waals surface area contributed by atoms with E-state index in [-0.39, 0.29) is 29.7 Å². The number of hydrogen-bond donors (Lipinski definition) is 2. The smallest absolute Gasteiger partial charge is 0.335 e. The number of carboxylic acid groups (broad SMARTS) is 1. The van der Waals surface area contributed by atoms with Crippen LogP contribution in [0.2, 0.25) is 0 Å². The second kappa shape index (κ2) is 11.2. The van der Waals surface area contributed by atoms with Crippen molar-refractivity contribution in [3.63, 3.8) is 0 Å². The highest BCUT2D eigenvalue weighted by molar-refractivity contribution is 5.89. The normalized spacial score (nSPS) is 19.7. The highest BCUT2D eigenvalue weighted by Crippen LogP contribution is 2.42. The Hall–Kier alpha value is -3.64. The Labute approximate surface area is 205 Å². The minimum absolute atomic E-state index is 0.0256. The first-order valence-electron chi connectivity index (χ1n) is 12.0. The maximum atomic E-state index is 11.9. The zero-order chi connectivity index (χ0) is 24.8. The molecular formula is C29H31NO5. The first-order chi connectivity index (χ1) is 16.9. The summed E-state index contributed by atoms with van der Waals surface area (Å²) in [4.78, 5) is 23.3. The molecule has 4 rings (SSSR count). The van der Waals surface area contributed by atoms with E-state index < -0.39 is 5.97 Å². The third kappa shape index (κ3) is 6.08. The molecule has 0 saturated carbocycles. The van der Waals surface area contributed by atoms with E-state index in [2.05, 4.69) is 12.2 Å². The molecule has 1 aliphatic heterocycles. The van der Waals surface area contributed by atoms with Crippen LogP contribution in [-0.4, -0.2) is 29.6 Å². The van der Waals surface area contributed by atoms with Gasteiger partial charge in [-0.15, -0.1) is 0 Å². The lowest BCUT2D eigenvalue weighted by atomic mass is 9.90. The van der Waals surface area contributed by atoms with Crippen molar-refractivity contribution in [3.8, 4) is 16.9 Å². The van der Waals surface area contributed by atoms with E-state index in [0.29, 0.717) is 25.2 Å². The molecule has 1 amide bonds. The second-order valence-corrected chi connectivity index (χ2v) is 8.88. The van der Waals surface area contributed by atoms with Gasteiger partial charge in [-0.3, -0.25) is 4.79 Å². The van der Waals surface area contributed by atoms with Crippen LogP contribution in [-0.2, 0) is 9.53 Å². The van der Waals surface area contributed by atoms with Crippen LogP contribution in [0.1, 0.15) is 66.8 Å². The average molecular weight is 474 g/mol. The SMILES string of the molecule is CCCOc1cc(-c2cccc(C(=O)O)c2)ccc1[C@H]1C[C@@H](NC(C)=O)C[C@@H](c2ccccc2)O1. The monoisotopic (exact) mass is 473 g/mol. The molecule has 0 bridgehead atoms. The van der Waals surface area contributed by atoms with Crippen LogP contribution in [0, 0.1) is 0 Å². The van der Waals surface area contributed by atoms with Crippen molar-refractivity contribution in [2.45, 2.75) is 51.4 Å². The molecule has 0 spiro atoms. The molecule has 0 radical (unpaired) electrons. The van der Waals surface area contributed by atoms with Crippen molar-refractivity contribution in [3.05, 3.63) is 89.5 Å². The maximum Gasteiger partial charge on any atom is 0.335 e. The standard InChI is InChI=1S/C29H31NO5/c1-3-14-34-27-16-22(21-10-7-11-23(15-21)29(32)33)12-13-25(27)28-18-24(30-19(2)31)17-26(35-28)20-8-5-4-6-9-20/h4-13,15-16,24,26,28H,3,14,17-18H2,1-2H3,(H,30,31)(H,32,33)/t24-,26-,28+/m0/s1. The van der Waals surface area contributed by atoms with E-state index in [1.54, 1.807) is 18.2 Å². The Kier molecular flexibility index (Phi) is 7.83. The molecule has 0 aliphatic carbocycles. The fourth-order valence-corrected chi connectivity index (χ4v) is 4.56. The van der Waals surface area contributed by atoms with Crippen LogP contribution < -0.4 is 10.1 Å². The lowest BCUT2D eigenvalue weighted by molar-refractivity contribution is -0.122. The number of aromatic carboxylic acids is 1. The van der Waals surface area contributed by atoms with E-state index >= 15 is 0 Å². The fraction of sp³-hybridized carbons (Fsp3) is 0.310. The molecule has 6 nitrogen and oxygen atoms in total. The summed E-state index contributed by atoms with van der Waals surface area (Å²) in [5.74, 6) is -0.304. The number of carbonyl (C=O) groups excluding carboxylic acids is 1. The van der Waals surface area contributed by atoms with E-state index in [4.69, 9.17) is 9.47 Å². The van der Waals surface area contributed by atoms with Crippen LogP contribution >= 0.6 is 0 Å². The molecule has 3 aromatic rings. The van der Waals surface area contributed by atoms with Crippen molar-refractivity contribution in [2.75, 3.05) is 6.61 Å². The second-order valence-electron chi connectivity index (χ2n) is 8.88. The summed E-state index contributed by atoms with van der Waals surface area (Å²) in [5.41, 5.74) is 3.91. The fourth-order valence-electron chi connectivity index (χ4n) is 4.56. The molecule has 1 aliphatic rings. The quantitative estimate of drug-likeness (QED) is 0.423. The van der Waals surface area contributed by atoms with E-state index in [1.807, 2.05) is 54.6 Å². The van der Waals surface area contributed by atoms with Crippen LogP contribution in [0.4, 0.5) is 0 Å². The Morgan fingerprint density at radius 3 is 2.43 bits per heavy atom. The van der Waals surface area contributed by atoms with Gasteiger partial charge in [-0.25, -0.2) is 4.79 Å². The third-order valence-electron chi connectivity index (χ3n) is 6.17. The number of hydrogen-bond acceptors (Lipinski definition) is 4. The van der Waals surface area contributed by atoms with E-state index in [1.165, 1.54) is 6.92 Å². The van der Waals surface area contributed by atoms with Gasteiger partial charge in [-0.05, 0) is 54.2 Å². The van der Waals surface area contributed by atoms with Gasteiger partial charge in [0.1, 0.15) is 5.75 Å². The minimum Gasteiger partial charge on any atom is -0.493 e. The molecule has 3 atom stereocenters. The van der Waals surface area contributed by atoms with E-state index in [0.717, 1.165) is 28.7 Å². The number of ether oxygens (including phenoxy) is 2. The lowest BCUT2D eigenvalue weighted by Gasteiger charge is -2.37. The zero-order valence-electron chi connectivity index (χ0n) is 20.1. The molecule has 6 heteroatoms. The summed E-state index contributed by atoms with van der Waals surface area (Å²) >= 11 is 0. The van der Waals surface area contributed by atoms with Gasteiger partial charge >= 0.3 is 5.97 Å². The van der Waals surface area contributed by atoms with Gasteiger partial charge in [0.05, 0.1) is 24.4 Å². The van der Waals surface area contributed by atoms with Gasteiger partial charge in [0, 0.05) is 18.5 Å². The van der Waals surface area contributed by atoms with Crippen molar-refractivity contribution in [1.82, 2.24) is 5.32 Å². The van der Waals surface area contributed by atoms with Crippen molar-refractivity contribution < 1.29 is 24.2 Å². The van der Waals surface area contributed by atoms with Gasteiger partial charge in [-0.2, -0.15) is 0 Å². The van der Waals surface area contributed by atoms with Crippen LogP contribution in [0.25, 0.3) is 11.1 Å². The molecule has 0 aromatic heterocycles. The molecular weight excluding hydrogens is 442 g/mol. The largest absolute Gasteiger partial charge is 0.493 e. The topological polar surface area (TPSA) is 84.9 Å². The third-order valence-corrected chi connectivity index (χ3v) is 6.17. The number of nitrogens with one attached hydrogen (secondary N) is 1. The van der Waals surface area contributed by atoms with Crippen LogP contribution in [0.3, 0.4) is 0 Å². The Balaban J connectivity index is 1.69. The summed E-state index contributed by atoms with van der Waals surface area (Å²) in [6.45, 7) is 4.14. The van der Waals surface area contributed by atoms with Crippen molar-refractivity contribution in [1.29, 1.82) is 0 Å². The molecule has 35 heavy (non-hydrogen) atoms. The highest BCUT2D eigenvalue weighted by Gasteiger charge is 2.33. The minimum atomic E-state index is -0.961. The Morgan fingerprint density at radius 1 is 0.971 bits per heavy atom. The van der Waals surface area contributed by atoms with Gasteiger partial charge in [-0.1, -0.05) is 61.5 Å². The molecule has 3 aromatic carbocycles. The van der Waals surface area contributed by atoms with Crippen LogP contribution in [0.5, 0.6) is 5.75 Å². The summed E-state index contributed by atoms with van der Waals surface area (Å²) < 4.78 is 12.7. The number of carboxylic acids is 1. The van der Waals surface area contributed by atoms with Gasteiger partial charge in [0.25, 0.3) is 0 Å². The van der Waals surface area contributed by atoms with Crippen molar-refractivity contribution >= 4 is 11.9 Å². The number of rotatable bonds is 8. The Bertz CT molecular complexity index is 1180. The number of carbonyl (C=O) groups is 2. The van der Waals surface area contributed by atoms with Crippen LogP contribution in [0.15, 0.2) is 72.8 Å². The van der Waals surface area contributed by atoms with Gasteiger partial charge in [0.15, 0.2) is 0 Å². The average Bonchev–Trinajstić information content (AvgIpc) is 2.87. The summed E-state index contributed by atoms with van der Waals surface area (Å²) in [5, 5.41) is 12.5. The predicted molar refractivity (Wildman–Crippen MR) is 134 cm³/mol. The highest BCUT2D eigenvalue weighted by atomic mass is 16.5. The van der Waals surface area contributed by atoms with E-state index in [9.17, 15) is 14.7 Å². The molecule has 1 heterocycles. The number of benzene rings is 3. The Morgan fingerprint density at radius 2 is 1.71 bits per heavy atom. The summed E-state index contributed by atoms with van der Waals surface area (Å²) in [6.07, 6.45) is 1.77. The zero-order valence-corrected chi connectivity index (χ0v) is 20.1. The molecule has 2 N–H and O–H groups in total. The van der Waals surface area contributed by atoms with Gasteiger partial charge in [0.2, 0.25) is 5.91 Å². The first kappa shape index (κ1) is 24.5. The molecule has 1 saturated heterocycles. The molecule has 1 fully saturated rings. The lowest BCUT2D eigenvalue weighted by Crippen LogP contribution is -2.39. The number of amides is 1. The summed E-state index contributed by atoms with van der Waals surface area (Å²) in [7, 11) is 0. The summed E-state index contributed by atoms with van der Waals surface area (Å²) in [6, 6.07) is 22.8. The van der Waals surface area contributed by atoms with Crippen molar-refractivity contribution in [2.24, 2.45) is 0 Å².